The van der Waals surface area contributed by atoms with Gasteiger partial charge in [-0.05, 0) is 105 Å². The number of anilines is 1. The van der Waals surface area contributed by atoms with Crippen molar-refractivity contribution in [1.29, 1.82) is 0 Å². The molecular weight excluding hydrogens is 612 g/mol. The molecule has 1 amide bonds. The van der Waals surface area contributed by atoms with Gasteiger partial charge in [0.25, 0.3) is 15.9 Å². The minimum atomic E-state index is -4.62. The van der Waals surface area contributed by atoms with Crippen molar-refractivity contribution in [3.8, 4) is 0 Å². The van der Waals surface area contributed by atoms with E-state index in [1.165, 1.54) is 34.8 Å². The summed E-state index contributed by atoms with van der Waals surface area (Å²) in [4.78, 5) is 19.6. The molecule has 0 bridgehead atoms. The molecule has 4 aliphatic rings. The number of ether oxygens (including phenoxy) is 1. The highest BCUT2D eigenvalue weighted by atomic mass is 32.2. The fourth-order valence-corrected chi connectivity index (χ4v) is 9.04. The Morgan fingerprint density at radius 2 is 1.76 bits per heavy atom. The van der Waals surface area contributed by atoms with Crippen LogP contribution < -0.4 is 9.62 Å². The van der Waals surface area contributed by atoms with Crippen molar-refractivity contribution in [1.82, 2.24) is 15.2 Å². The maximum atomic E-state index is 14.3. The van der Waals surface area contributed by atoms with E-state index in [1.54, 1.807) is 12.1 Å². The van der Waals surface area contributed by atoms with Gasteiger partial charge in [0.15, 0.2) is 0 Å². The van der Waals surface area contributed by atoms with Gasteiger partial charge in [-0.15, -0.1) is 0 Å². The minimum absolute atomic E-state index is 0.0146. The van der Waals surface area contributed by atoms with Crippen LogP contribution in [-0.4, -0.2) is 62.6 Å². The summed E-state index contributed by atoms with van der Waals surface area (Å²) in [7, 11) is -4.10. The number of hydrogen-bond acceptors (Lipinski definition) is 6. The van der Waals surface area contributed by atoms with E-state index in [2.05, 4.69) is 15.2 Å². The fourth-order valence-electron chi connectivity index (χ4n) is 7.25. The molecule has 1 spiro atoms. The summed E-state index contributed by atoms with van der Waals surface area (Å²) in [6, 6.07) is 11.7. The van der Waals surface area contributed by atoms with Crippen LogP contribution in [0.5, 0.6) is 0 Å². The number of fused-ring (bicyclic) bond motifs is 2. The number of benzene rings is 2. The van der Waals surface area contributed by atoms with E-state index >= 15 is 0 Å². The lowest BCUT2D eigenvalue weighted by Gasteiger charge is -2.48. The van der Waals surface area contributed by atoms with Crippen LogP contribution in [0.1, 0.15) is 52.9 Å². The first-order valence-corrected chi connectivity index (χ1v) is 16.5. The van der Waals surface area contributed by atoms with Gasteiger partial charge >= 0.3 is 6.18 Å². The number of piperidine rings is 1. The Morgan fingerprint density at radius 1 is 1.04 bits per heavy atom. The maximum absolute atomic E-state index is 14.3. The van der Waals surface area contributed by atoms with Crippen molar-refractivity contribution in [2.75, 3.05) is 30.6 Å². The number of pyridine rings is 1. The van der Waals surface area contributed by atoms with E-state index in [0.29, 0.717) is 37.8 Å². The Bertz CT molecular complexity index is 1720. The van der Waals surface area contributed by atoms with Gasteiger partial charge in [0, 0.05) is 17.2 Å². The lowest BCUT2D eigenvalue weighted by Crippen LogP contribution is -2.58. The van der Waals surface area contributed by atoms with Crippen LogP contribution in [0.4, 0.5) is 23.2 Å². The molecule has 3 fully saturated rings. The number of amides is 1. The quantitative estimate of drug-likeness (QED) is 0.369. The molecule has 4 heterocycles. The zero-order chi connectivity index (χ0) is 31.6. The third kappa shape index (κ3) is 5.28. The number of hydrogen-bond donors (Lipinski definition) is 1. The van der Waals surface area contributed by atoms with Gasteiger partial charge in [0.1, 0.15) is 5.82 Å². The number of rotatable bonds is 7. The summed E-state index contributed by atoms with van der Waals surface area (Å²) in [5.74, 6) is -1.01. The summed E-state index contributed by atoms with van der Waals surface area (Å²) in [5.41, 5.74) is -0.341. The number of alkyl halides is 3. The third-order valence-electron chi connectivity index (χ3n) is 9.73. The van der Waals surface area contributed by atoms with Crippen LogP contribution in [0.3, 0.4) is 0 Å². The number of likely N-dealkylation sites (tertiary alicyclic amines) is 1. The molecule has 45 heavy (non-hydrogen) atoms. The standard InChI is InChI=1S/C32H32F4N4O4S/c33-22-6-8-24(9-7-22)45(42,43)40-28-10-5-21(30(41)38-17-27-25(32(34,35)36)2-1-13-37-27)16-26(28)31(29(40)20-3-4-20)11-14-39(15-12-31)23-18-44-19-23/h1-2,5-10,13,16,20,23,29H,3-4,11-12,14-15,17-19H2,(H,38,41). The molecule has 238 valence electrons. The van der Waals surface area contributed by atoms with E-state index in [4.69, 9.17) is 4.74 Å². The van der Waals surface area contributed by atoms with Crippen LogP contribution in [0.2, 0.25) is 0 Å². The number of halogens is 4. The third-order valence-corrected chi connectivity index (χ3v) is 11.5. The van der Waals surface area contributed by atoms with Gasteiger partial charge in [-0.3, -0.25) is 19.0 Å². The summed E-state index contributed by atoms with van der Waals surface area (Å²) < 4.78 is 89.8. The summed E-state index contributed by atoms with van der Waals surface area (Å²) in [6.45, 7) is 2.37. The number of nitrogens with one attached hydrogen (secondary N) is 1. The monoisotopic (exact) mass is 644 g/mol. The van der Waals surface area contributed by atoms with E-state index in [9.17, 15) is 30.8 Å². The highest BCUT2D eigenvalue weighted by Crippen LogP contribution is 2.59. The lowest BCUT2D eigenvalue weighted by atomic mass is 9.67. The van der Waals surface area contributed by atoms with Crippen molar-refractivity contribution in [2.24, 2.45) is 5.92 Å². The smallest absolute Gasteiger partial charge is 0.378 e. The van der Waals surface area contributed by atoms with E-state index in [-0.39, 0.29) is 28.1 Å². The fraction of sp³-hybridized carbons (Fsp3) is 0.438. The summed E-state index contributed by atoms with van der Waals surface area (Å²) >= 11 is 0. The predicted molar refractivity (Wildman–Crippen MR) is 157 cm³/mol. The predicted octanol–water partition coefficient (Wildman–Crippen LogP) is 4.89. The van der Waals surface area contributed by atoms with Crippen LogP contribution in [-0.2, 0) is 32.9 Å². The second kappa shape index (κ2) is 11.1. The Morgan fingerprint density at radius 3 is 2.38 bits per heavy atom. The normalized spacial score (nSPS) is 21.9. The first-order valence-electron chi connectivity index (χ1n) is 15.0. The zero-order valence-electron chi connectivity index (χ0n) is 24.3. The van der Waals surface area contributed by atoms with Crippen LogP contribution in [0.15, 0.2) is 65.7 Å². The van der Waals surface area contributed by atoms with Gasteiger partial charge < -0.3 is 10.1 Å². The molecule has 0 radical (unpaired) electrons. The van der Waals surface area contributed by atoms with Crippen molar-refractivity contribution in [3.05, 3.63) is 89.0 Å². The molecule has 1 aliphatic carbocycles. The maximum Gasteiger partial charge on any atom is 0.418 e. The number of aromatic nitrogens is 1. The van der Waals surface area contributed by atoms with E-state index in [1.807, 2.05) is 0 Å². The number of carbonyl (C=O) groups is 1. The van der Waals surface area contributed by atoms with Crippen LogP contribution >= 0.6 is 0 Å². The van der Waals surface area contributed by atoms with Crippen LogP contribution in [0.25, 0.3) is 0 Å². The molecule has 1 atom stereocenters. The molecule has 1 unspecified atom stereocenters. The zero-order valence-corrected chi connectivity index (χ0v) is 25.1. The van der Waals surface area contributed by atoms with E-state index in [0.717, 1.165) is 49.7 Å². The molecule has 1 N–H and O–H groups in total. The van der Waals surface area contributed by atoms with Crippen LogP contribution in [0, 0.1) is 11.7 Å². The number of carbonyl (C=O) groups excluding carboxylic acids is 1. The first-order chi connectivity index (χ1) is 21.5. The Balaban J connectivity index is 1.26. The molecule has 7 rings (SSSR count). The molecule has 1 saturated carbocycles. The van der Waals surface area contributed by atoms with Crippen molar-refractivity contribution < 1.29 is 35.5 Å². The van der Waals surface area contributed by atoms with Crippen molar-refractivity contribution in [3.63, 3.8) is 0 Å². The highest BCUT2D eigenvalue weighted by Gasteiger charge is 2.60. The number of sulfonamides is 1. The average Bonchev–Trinajstić information content (AvgIpc) is 3.79. The Labute approximate surface area is 258 Å². The summed E-state index contributed by atoms with van der Waals surface area (Å²) in [5, 5.41) is 2.58. The van der Waals surface area contributed by atoms with Gasteiger partial charge in [-0.2, -0.15) is 13.2 Å². The summed E-state index contributed by atoms with van der Waals surface area (Å²) in [6.07, 6.45) is -0.301. The second-order valence-electron chi connectivity index (χ2n) is 12.3. The Kier molecular flexibility index (Phi) is 7.40. The lowest BCUT2D eigenvalue weighted by molar-refractivity contribution is -0.138. The van der Waals surface area contributed by atoms with Gasteiger partial charge in [-0.1, -0.05) is 0 Å². The van der Waals surface area contributed by atoms with Gasteiger partial charge in [0.05, 0.1) is 53.7 Å². The molecule has 8 nitrogen and oxygen atoms in total. The number of nitrogens with zero attached hydrogens (tertiary/aromatic N) is 3. The molecule has 3 aromatic rings. The molecule has 1 aromatic heterocycles. The topological polar surface area (TPSA) is 91.8 Å². The Hall–Kier alpha value is -3.55. The SMILES string of the molecule is O=C(NCc1ncccc1C(F)(F)F)c1ccc2c(c1)C1(CCN(C3COC3)CC1)C(C1CC1)N2S(=O)(=O)c1ccc(F)cc1. The molecule has 13 heteroatoms. The van der Waals surface area contributed by atoms with Crippen molar-refractivity contribution in [2.45, 2.75) is 60.8 Å². The van der Waals surface area contributed by atoms with E-state index < -0.39 is 45.4 Å². The van der Waals surface area contributed by atoms with Gasteiger partial charge in [-0.25, -0.2) is 12.8 Å². The minimum Gasteiger partial charge on any atom is -0.378 e. The van der Waals surface area contributed by atoms with Crippen molar-refractivity contribution >= 4 is 21.6 Å². The molecule has 3 aliphatic heterocycles. The second-order valence-corrected chi connectivity index (χ2v) is 14.1. The highest BCUT2D eigenvalue weighted by molar-refractivity contribution is 7.92. The largest absolute Gasteiger partial charge is 0.418 e. The molecular formula is C32H32F4N4O4S. The average molecular weight is 645 g/mol. The molecule has 2 saturated heterocycles. The van der Waals surface area contributed by atoms with Gasteiger partial charge in [0.2, 0.25) is 0 Å². The first kappa shape index (κ1) is 30.1. The molecule has 2 aromatic carbocycles.